The first kappa shape index (κ1) is 12.0. The number of aliphatic hydroxyl groups excluding tert-OH is 1. The van der Waals surface area contributed by atoms with Gasteiger partial charge in [0.15, 0.2) is 0 Å². The van der Waals surface area contributed by atoms with Crippen LogP contribution in [-0.2, 0) is 9.59 Å². The van der Waals surface area contributed by atoms with Crippen molar-refractivity contribution >= 4 is 12.0 Å². The third-order valence-electron chi connectivity index (χ3n) is 1.51. The molecule has 5 nitrogen and oxygen atoms in total. The van der Waals surface area contributed by atoms with Crippen molar-refractivity contribution < 1.29 is 14.7 Å². The highest BCUT2D eigenvalue weighted by molar-refractivity contribution is 5.86. The van der Waals surface area contributed by atoms with Crippen LogP contribution in [0.5, 0.6) is 0 Å². The third-order valence-corrected chi connectivity index (χ3v) is 1.51. The minimum atomic E-state index is -0.572. The summed E-state index contributed by atoms with van der Waals surface area (Å²) in [6, 6.07) is -0.564. The number of hydrogen-bond acceptors (Lipinski definition) is 4. The van der Waals surface area contributed by atoms with Crippen molar-refractivity contribution in [2.75, 3.05) is 13.2 Å². The third kappa shape index (κ3) is 5.25. The number of aliphatic imine (C=N–C) groups is 1. The Kier molecular flexibility index (Phi) is 7.01. The van der Waals surface area contributed by atoms with Gasteiger partial charge in [-0.2, -0.15) is 0 Å². The number of carbonyl (C=O) groups is 1. The fourth-order valence-corrected chi connectivity index (χ4v) is 0.883. The van der Waals surface area contributed by atoms with Gasteiger partial charge in [-0.25, -0.2) is 4.79 Å². The van der Waals surface area contributed by atoms with Crippen LogP contribution in [0.3, 0.4) is 0 Å². The fourth-order valence-electron chi connectivity index (χ4n) is 0.883. The van der Waals surface area contributed by atoms with Gasteiger partial charge in [-0.3, -0.25) is 4.79 Å². The molecule has 0 heterocycles. The van der Waals surface area contributed by atoms with Crippen molar-refractivity contribution in [3.8, 4) is 0 Å². The summed E-state index contributed by atoms with van der Waals surface area (Å²) >= 11 is 0. The second kappa shape index (κ2) is 7.61. The Morgan fingerprint density at radius 2 is 2.38 bits per heavy atom. The quantitative estimate of drug-likeness (QED) is 0.437. The monoisotopic (exact) mass is 186 g/mol. The van der Waals surface area contributed by atoms with E-state index in [1.54, 1.807) is 0 Å². The highest BCUT2D eigenvalue weighted by Gasteiger charge is 2.15. The summed E-state index contributed by atoms with van der Waals surface area (Å²) in [5, 5.41) is 11.5. The number of carbonyl (C=O) groups excluding carboxylic acids is 2. The van der Waals surface area contributed by atoms with Gasteiger partial charge in [0, 0.05) is 6.61 Å². The average Bonchev–Trinajstić information content (AvgIpc) is 2.12. The molecule has 0 fully saturated rings. The Balaban J connectivity index is 4.05. The summed E-state index contributed by atoms with van der Waals surface area (Å²) in [4.78, 5) is 23.8. The largest absolute Gasteiger partial charge is 0.396 e. The van der Waals surface area contributed by atoms with Crippen molar-refractivity contribution in [2.45, 2.75) is 25.8 Å². The molecule has 1 amide bonds. The van der Waals surface area contributed by atoms with Gasteiger partial charge in [0.05, 0.1) is 6.04 Å². The Labute approximate surface area is 76.9 Å². The lowest BCUT2D eigenvalue weighted by atomic mass is 10.2. The molecule has 0 aromatic carbocycles. The van der Waals surface area contributed by atoms with Gasteiger partial charge in [0.25, 0.3) is 5.91 Å². The first-order chi connectivity index (χ1) is 6.26. The lowest BCUT2D eigenvalue weighted by Gasteiger charge is -2.11. The number of isocyanates is 1. The molecule has 2 N–H and O–H groups in total. The highest BCUT2D eigenvalue weighted by atomic mass is 16.3. The molecule has 13 heavy (non-hydrogen) atoms. The second-order valence-electron chi connectivity index (χ2n) is 2.56. The van der Waals surface area contributed by atoms with Crippen LogP contribution in [-0.4, -0.2) is 36.3 Å². The zero-order valence-electron chi connectivity index (χ0n) is 7.62. The Morgan fingerprint density at radius 3 is 2.85 bits per heavy atom. The number of aliphatic hydroxyl groups is 1. The molecule has 0 aliphatic heterocycles. The van der Waals surface area contributed by atoms with E-state index in [-0.39, 0.29) is 13.0 Å². The SMILES string of the molecule is CCCN[C@@H](CCO)C(=O)N=C=O. The topological polar surface area (TPSA) is 78.8 Å². The van der Waals surface area contributed by atoms with Crippen molar-refractivity contribution in [2.24, 2.45) is 4.99 Å². The van der Waals surface area contributed by atoms with Crippen LogP contribution in [0, 0.1) is 0 Å². The van der Waals surface area contributed by atoms with Gasteiger partial charge < -0.3 is 10.4 Å². The maximum Gasteiger partial charge on any atom is 0.273 e. The molecule has 0 spiro atoms. The molecule has 0 saturated heterocycles. The Bertz CT molecular complexity index is 200. The van der Waals surface area contributed by atoms with Gasteiger partial charge in [0.2, 0.25) is 6.08 Å². The lowest BCUT2D eigenvalue weighted by molar-refractivity contribution is -0.120. The first-order valence-electron chi connectivity index (χ1n) is 4.22. The molecular weight excluding hydrogens is 172 g/mol. The van der Waals surface area contributed by atoms with Crippen molar-refractivity contribution in [1.82, 2.24) is 5.32 Å². The number of hydrogen-bond donors (Lipinski definition) is 2. The van der Waals surface area contributed by atoms with E-state index < -0.39 is 11.9 Å². The lowest BCUT2D eigenvalue weighted by Crippen LogP contribution is -2.37. The van der Waals surface area contributed by atoms with Gasteiger partial charge in [-0.1, -0.05) is 6.92 Å². The number of nitrogens with one attached hydrogen (secondary N) is 1. The van der Waals surface area contributed by atoms with E-state index in [0.29, 0.717) is 6.54 Å². The summed E-state index contributed by atoms with van der Waals surface area (Å²) in [6.07, 6.45) is 2.33. The summed E-state index contributed by atoms with van der Waals surface area (Å²) in [6.45, 7) is 2.50. The van der Waals surface area contributed by atoms with Crippen LogP contribution in [0.25, 0.3) is 0 Å². The number of amides is 1. The molecule has 0 aliphatic carbocycles. The summed E-state index contributed by atoms with van der Waals surface area (Å²) < 4.78 is 0. The maximum atomic E-state index is 11.0. The zero-order chi connectivity index (χ0) is 10.1. The molecule has 0 rings (SSSR count). The van der Waals surface area contributed by atoms with Crippen molar-refractivity contribution in [3.05, 3.63) is 0 Å². The number of rotatable bonds is 6. The van der Waals surface area contributed by atoms with Crippen LogP contribution >= 0.6 is 0 Å². The molecule has 0 unspecified atom stereocenters. The summed E-state index contributed by atoms with van der Waals surface area (Å²) in [5.41, 5.74) is 0. The van der Waals surface area contributed by atoms with E-state index in [1.165, 1.54) is 6.08 Å². The zero-order valence-corrected chi connectivity index (χ0v) is 7.62. The predicted molar refractivity (Wildman–Crippen MR) is 46.9 cm³/mol. The average molecular weight is 186 g/mol. The highest BCUT2D eigenvalue weighted by Crippen LogP contribution is 1.94. The predicted octanol–water partition coefficient (Wildman–Crippen LogP) is -0.401. The molecule has 0 aliphatic rings. The Morgan fingerprint density at radius 1 is 1.69 bits per heavy atom. The molecule has 0 bridgehead atoms. The molecule has 0 saturated carbocycles. The van der Waals surface area contributed by atoms with E-state index in [1.807, 2.05) is 6.92 Å². The van der Waals surface area contributed by atoms with E-state index in [0.717, 1.165) is 6.42 Å². The van der Waals surface area contributed by atoms with E-state index in [4.69, 9.17) is 5.11 Å². The van der Waals surface area contributed by atoms with Crippen molar-refractivity contribution in [3.63, 3.8) is 0 Å². The van der Waals surface area contributed by atoms with Crippen LogP contribution in [0.2, 0.25) is 0 Å². The van der Waals surface area contributed by atoms with E-state index >= 15 is 0 Å². The van der Waals surface area contributed by atoms with E-state index in [9.17, 15) is 9.59 Å². The van der Waals surface area contributed by atoms with Gasteiger partial charge >= 0.3 is 0 Å². The first-order valence-corrected chi connectivity index (χ1v) is 4.22. The Hall–Kier alpha value is -1.03. The molecule has 74 valence electrons. The van der Waals surface area contributed by atoms with Crippen LogP contribution < -0.4 is 5.32 Å². The maximum absolute atomic E-state index is 11.0. The fraction of sp³-hybridized carbons (Fsp3) is 0.750. The molecular formula is C8H14N2O3. The van der Waals surface area contributed by atoms with Gasteiger partial charge in [-0.15, -0.1) is 4.99 Å². The second-order valence-corrected chi connectivity index (χ2v) is 2.56. The minimum Gasteiger partial charge on any atom is -0.396 e. The van der Waals surface area contributed by atoms with Gasteiger partial charge in [-0.05, 0) is 19.4 Å². The van der Waals surface area contributed by atoms with Crippen LogP contribution in [0.1, 0.15) is 19.8 Å². The standard InChI is InChI=1S/C8H14N2O3/c1-2-4-9-7(3-5-11)8(13)10-6-12/h7,9,11H,2-5H2,1H3/t7-/m0/s1. The molecule has 1 atom stereocenters. The van der Waals surface area contributed by atoms with Crippen LogP contribution in [0.4, 0.5) is 0 Å². The molecule has 0 aromatic rings. The smallest absolute Gasteiger partial charge is 0.273 e. The minimum absolute atomic E-state index is 0.110. The molecule has 5 heteroatoms. The van der Waals surface area contributed by atoms with Crippen LogP contribution in [0.15, 0.2) is 4.99 Å². The van der Waals surface area contributed by atoms with E-state index in [2.05, 4.69) is 10.3 Å². The normalized spacial score (nSPS) is 11.8. The molecule has 0 radical (unpaired) electrons. The summed E-state index contributed by atoms with van der Waals surface area (Å²) in [7, 11) is 0. The summed E-state index contributed by atoms with van der Waals surface area (Å²) in [5.74, 6) is -0.572. The molecule has 0 aromatic heterocycles. The van der Waals surface area contributed by atoms with Crippen molar-refractivity contribution in [1.29, 1.82) is 0 Å². The van der Waals surface area contributed by atoms with Gasteiger partial charge in [0.1, 0.15) is 0 Å². The number of nitrogens with zero attached hydrogens (tertiary/aromatic N) is 1.